The Morgan fingerprint density at radius 1 is 1.07 bits per heavy atom. The zero-order valence-corrected chi connectivity index (χ0v) is 17.7. The first-order valence-corrected chi connectivity index (χ1v) is 11.3. The van der Waals surface area contributed by atoms with Crippen molar-refractivity contribution < 1.29 is 9.84 Å². The van der Waals surface area contributed by atoms with Crippen LogP contribution >= 0.6 is 11.6 Å². The number of pyridine rings is 1. The molecule has 30 heavy (non-hydrogen) atoms. The van der Waals surface area contributed by atoms with Gasteiger partial charge in [-0.05, 0) is 62.6 Å². The normalized spacial score (nSPS) is 22.0. The summed E-state index contributed by atoms with van der Waals surface area (Å²) in [5, 5.41) is 9.88. The van der Waals surface area contributed by atoms with Crippen molar-refractivity contribution in [3.63, 3.8) is 0 Å². The lowest BCUT2D eigenvalue weighted by Crippen LogP contribution is -2.25. The van der Waals surface area contributed by atoms with Gasteiger partial charge in [0.25, 0.3) is 6.01 Å². The Morgan fingerprint density at radius 3 is 2.50 bits per heavy atom. The third kappa shape index (κ3) is 3.98. The molecule has 2 fully saturated rings. The van der Waals surface area contributed by atoms with Crippen LogP contribution in [0.4, 0.5) is 5.69 Å². The summed E-state index contributed by atoms with van der Waals surface area (Å²) in [5.41, 5.74) is 4.37. The van der Waals surface area contributed by atoms with Crippen molar-refractivity contribution in [1.29, 1.82) is 0 Å². The maximum atomic E-state index is 9.30. The van der Waals surface area contributed by atoms with Gasteiger partial charge in [-0.25, -0.2) is 4.98 Å². The monoisotopic (exact) mass is 426 g/mol. The molecule has 1 aliphatic carbocycles. The molecule has 7 heteroatoms. The second kappa shape index (κ2) is 8.44. The van der Waals surface area contributed by atoms with Crippen LogP contribution in [0.25, 0.3) is 22.4 Å². The van der Waals surface area contributed by atoms with Gasteiger partial charge < -0.3 is 14.7 Å². The van der Waals surface area contributed by atoms with Gasteiger partial charge >= 0.3 is 0 Å². The lowest BCUT2D eigenvalue weighted by atomic mass is 9.88. The second-order valence-corrected chi connectivity index (χ2v) is 8.82. The molecular weight excluding hydrogens is 400 g/mol. The standard InChI is InChI=1S/C23H27ClN4O2/c24-19-13-20-22(27-23(25-20)30-18-9-3-15(14-29)4-10-18)26-21(19)16-5-7-17(8-6-16)28-11-1-2-12-28/h5-8,13,15,18,29H,1-4,9-12,14H2,(H,25,26,27)/t15-,18-. The number of hydrogen-bond donors (Lipinski definition) is 2. The number of rotatable bonds is 5. The Hall–Kier alpha value is -2.31. The predicted molar refractivity (Wildman–Crippen MR) is 119 cm³/mol. The number of nitrogens with zero attached hydrogens (tertiary/aromatic N) is 3. The molecule has 3 heterocycles. The van der Waals surface area contributed by atoms with E-state index in [4.69, 9.17) is 21.3 Å². The van der Waals surface area contributed by atoms with Crippen LogP contribution in [-0.2, 0) is 0 Å². The Morgan fingerprint density at radius 2 is 1.80 bits per heavy atom. The Bertz CT molecular complexity index is 1010. The van der Waals surface area contributed by atoms with E-state index in [-0.39, 0.29) is 12.7 Å². The van der Waals surface area contributed by atoms with Crippen molar-refractivity contribution in [2.75, 3.05) is 24.6 Å². The topological polar surface area (TPSA) is 74.3 Å². The molecule has 0 spiro atoms. The minimum absolute atomic E-state index is 0.126. The Balaban J connectivity index is 1.34. The van der Waals surface area contributed by atoms with Gasteiger partial charge in [-0.2, -0.15) is 4.98 Å². The molecule has 6 nitrogen and oxygen atoms in total. The maximum absolute atomic E-state index is 9.30. The third-order valence-corrected chi connectivity index (χ3v) is 6.63. The van der Waals surface area contributed by atoms with Crippen LogP contribution in [0.3, 0.4) is 0 Å². The van der Waals surface area contributed by atoms with E-state index in [1.807, 2.05) is 6.07 Å². The number of anilines is 1. The van der Waals surface area contributed by atoms with Crippen LogP contribution in [0, 0.1) is 5.92 Å². The molecule has 1 aromatic carbocycles. The highest BCUT2D eigenvalue weighted by Crippen LogP contribution is 2.32. The van der Waals surface area contributed by atoms with Gasteiger partial charge in [0.15, 0.2) is 5.65 Å². The first-order valence-electron chi connectivity index (χ1n) is 10.9. The minimum Gasteiger partial charge on any atom is -0.461 e. The van der Waals surface area contributed by atoms with Gasteiger partial charge in [0.05, 0.1) is 10.7 Å². The zero-order chi connectivity index (χ0) is 20.5. The molecule has 0 unspecified atom stereocenters. The summed E-state index contributed by atoms with van der Waals surface area (Å²) in [4.78, 5) is 14.9. The van der Waals surface area contributed by atoms with Gasteiger partial charge in [0.2, 0.25) is 0 Å². The average molecular weight is 427 g/mol. The zero-order valence-electron chi connectivity index (χ0n) is 17.0. The van der Waals surface area contributed by atoms with Crippen LogP contribution in [0.15, 0.2) is 30.3 Å². The number of aliphatic hydroxyl groups is 1. The van der Waals surface area contributed by atoms with Crippen LogP contribution in [0.5, 0.6) is 6.01 Å². The van der Waals surface area contributed by atoms with Crippen LogP contribution in [0.2, 0.25) is 5.02 Å². The van der Waals surface area contributed by atoms with E-state index in [9.17, 15) is 5.11 Å². The van der Waals surface area contributed by atoms with Crippen molar-refractivity contribution >= 4 is 28.5 Å². The van der Waals surface area contributed by atoms with E-state index in [2.05, 4.69) is 39.1 Å². The number of benzene rings is 1. The molecule has 158 valence electrons. The molecule has 0 atom stereocenters. The minimum atomic E-state index is 0.126. The van der Waals surface area contributed by atoms with E-state index in [0.29, 0.717) is 28.1 Å². The van der Waals surface area contributed by atoms with Gasteiger partial charge in [0, 0.05) is 30.9 Å². The quantitative estimate of drug-likeness (QED) is 0.612. The number of aromatic amines is 1. The summed E-state index contributed by atoms with van der Waals surface area (Å²) < 4.78 is 6.05. The summed E-state index contributed by atoms with van der Waals surface area (Å²) in [5.74, 6) is 0.403. The largest absolute Gasteiger partial charge is 0.461 e. The fourth-order valence-corrected chi connectivity index (χ4v) is 4.80. The van der Waals surface area contributed by atoms with Crippen molar-refractivity contribution in [3.8, 4) is 17.3 Å². The van der Waals surface area contributed by atoms with E-state index in [0.717, 1.165) is 50.0 Å². The summed E-state index contributed by atoms with van der Waals surface area (Å²) >= 11 is 6.55. The number of imidazole rings is 1. The van der Waals surface area contributed by atoms with Crippen molar-refractivity contribution in [3.05, 3.63) is 35.4 Å². The number of halogens is 1. The molecule has 0 radical (unpaired) electrons. The van der Waals surface area contributed by atoms with Crippen LogP contribution in [0.1, 0.15) is 38.5 Å². The number of fused-ring (bicyclic) bond motifs is 1. The molecular formula is C23H27ClN4O2. The lowest BCUT2D eigenvalue weighted by molar-refractivity contribution is 0.0976. The van der Waals surface area contributed by atoms with Crippen molar-refractivity contribution in [2.45, 2.75) is 44.6 Å². The molecule has 3 aromatic rings. The second-order valence-electron chi connectivity index (χ2n) is 8.41. The number of ether oxygens (including phenoxy) is 1. The Labute approximate surface area is 181 Å². The van der Waals surface area contributed by atoms with Crippen molar-refractivity contribution in [2.24, 2.45) is 5.92 Å². The lowest BCUT2D eigenvalue weighted by Gasteiger charge is -2.26. The van der Waals surface area contributed by atoms with E-state index in [1.54, 1.807) is 0 Å². The maximum Gasteiger partial charge on any atom is 0.296 e. The molecule has 0 bridgehead atoms. The number of nitrogens with one attached hydrogen (secondary N) is 1. The summed E-state index contributed by atoms with van der Waals surface area (Å²) in [7, 11) is 0. The van der Waals surface area contributed by atoms with Crippen LogP contribution in [-0.4, -0.2) is 45.9 Å². The van der Waals surface area contributed by atoms with Gasteiger partial charge in [-0.15, -0.1) is 0 Å². The molecule has 2 N–H and O–H groups in total. The SMILES string of the molecule is OC[C@H]1CC[C@H](Oc2nc3cc(Cl)c(-c4ccc(N5CCCC5)cc4)nc3[nH]2)CC1. The van der Waals surface area contributed by atoms with E-state index in [1.165, 1.54) is 18.5 Å². The van der Waals surface area contributed by atoms with E-state index >= 15 is 0 Å². The van der Waals surface area contributed by atoms with Crippen molar-refractivity contribution in [1.82, 2.24) is 15.0 Å². The highest BCUT2D eigenvalue weighted by Gasteiger charge is 2.23. The van der Waals surface area contributed by atoms with Gasteiger partial charge in [-0.3, -0.25) is 4.98 Å². The highest BCUT2D eigenvalue weighted by molar-refractivity contribution is 6.33. The Kier molecular flexibility index (Phi) is 5.52. The molecule has 1 aliphatic heterocycles. The number of aliphatic hydroxyl groups excluding tert-OH is 1. The first kappa shape index (κ1) is 19.6. The fourth-order valence-electron chi connectivity index (χ4n) is 4.55. The number of hydrogen-bond acceptors (Lipinski definition) is 5. The molecule has 1 saturated carbocycles. The van der Waals surface area contributed by atoms with Gasteiger partial charge in [-0.1, -0.05) is 23.7 Å². The van der Waals surface area contributed by atoms with Gasteiger partial charge in [0.1, 0.15) is 11.6 Å². The predicted octanol–water partition coefficient (Wildman–Crippen LogP) is 4.81. The first-order chi connectivity index (χ1) is 14.7. The smallest absolute Gasteiger partial charge is 0.296 e. The number of aromatic nitrogens is 3. The van der Waals surface area contributed by atoms with Crippen LogP contribution < -0.4 is 9.64 Å². The average Bonchev–Trinajstić information content (AvgIpc) is 3.43. The highest BCUT2D eigenvalue weighted by atomic mass is 35.5. The molecule has 1 saturated heterocycles. The third-order valence-electron chi connectivity index (χ3n) is 6.35. The fraction of sp³-hybridized carbons (Fsp3) is 0.478. The molecule has 5 rings (SSSR count). The summed E-state index contributed by atoms with van der Waals surface area (Å²) in [6.45, 7) is 2.52. The molecule has 2 aliphatic rings. The molecule has 0 amide bonds. The summed E-state index contributed by atoms with van der Waals surface area (Å²) in [6.07, 6.45) is 6.50. The van der Waals surface area contributed by atoms with E-state index < -0.39 is 0 Å². The summed E-state index contributed by atoms with van der Waals surface area (Å²) in [6, 6.07) is 10.8. The number of H-pyrrole nitrogens is 1. The molecule has 2 aromatic heterocycles.